The van der Waals surface area contributed by atoms with Gasteiger partial charge in [-0.15, -0.1) is 17.0 Å². The summed E-state index contributed by atoms with van der Waals surface area (Å²) in [4.78, 5) is 12.3. The maximum absolute atomic E-state index is 12.3. The molecule has 29 heavy (non-hydrogen) atoms. The number of halogens is 1. The number of hydrogen-bond donors (Lipinski definition) is 4. The number of hydrogen-bond acceptors (Lipinski definition) is 5. The Morgan fingerprint density at radius 1 is 1.10 bits per heavy atom. The Labute approximate surface area is 181 Å². The number of piperidine rings is 1. The number of nitrogens with one attached hydrogen (secondary N) is 2. The molecule has 0 aromatic heterocycles. The summed E-state index contributed by atoms with van der Waals surface area (Å²) in [6.07, 6.45) is 4.82. The summed E-state index contributed by atoms with van der Waals surface area (Å²) in [5.74, 6) is 0.834. The summed E-state index contributed by atoms with van der Waals surface area (Å²) >= 11 is 0. The Bertz CT molecular complexity index is 848. The van der Waals surface area contributed by atoms with E-state index in [9.17, 15) is 15.0 Å². The first-order valence-corrected chi connectivity index (χ1v) is 9.85. The fourth-order valence-corrected chi connectivity index (χ4v) is 4.48. The molecule has 4 rings (SSSR count). The first-order chi connectivity index (χ1) is 13.6. The van der Waals surface area contributed by atoms with Crippen molar-refractivity contribution in [1.29, 1.82) is 0 Å². The van der Waals surface area contributed by atoms with Crippen molar-refractivity contribution in [3.63, 3.8) is 0 Å². The van der Waals surface area contributed by atoms with Gasteiger partial charge in [0.25, 0.3) is 0 Å². The lowest BCUT2D eigenvalue weighted by molar-refractivity contribution is 0.155. The van der Waals surface area contributed by atoms with Crippen LogP contribution in [-0.4, -0.2) is 28.4 Å². The van der Waals surface area contributed by atoms with Gasteiger partial charge in [0.2, 0.25) is 0 Å². The molecule has 156 valence electrons. The predicted octanol–water partition coefficient (Wildman–Crippen LogP) is 4.50. The molecule has 0 saturated carbocycles. The number of phenolic OH excluding ortho intramolecular Hbond substituents is 2. The van der Waals surface area contributed by atoms with Gasteiger partial charge in [-0.1, -0.05) is 18.2 Å². The third-order valence-electron chi connectivity index (χ3n) is 5.73. The lowest BCUT2D eigenvalue weighted by atomic mass is 9.86. The molecule has 2 aliphatic rings. The van der Waals surface area contributed by atoms with Gasteiger partial charge in [-0.05, 0) is 67.9 Å². The summed E-state index contributed by atoms with van der Waals surface area (Å²) in [7, 11) is 0. The van der Waals surface area contributed by atoms with E-state index in [1.54, 1.807) is 42.5 Å². The van der Waals surface area contributed by atoms with Crippen molar-refractivity contribution in [3.8, 4) is 11.5 Å². The first-order valence-electron chi connectivity index (χ1n) is 9.85. The standard InChI is InChI=1S/C22H26N2O4.BrH/c25-18-4-1-3-14(11-18)13-28-22(27)24-20-5-2-6-21(26)19(20)12-15-9-16-7-8-17(10-15)23-16;/h1-6,11,15-17,23,25-26H,7-10,12-13H2,(H,24,27);1H. The van der Waals surface area contributed by atoms with Crippen molar-refractivity contribution >= 4 is 28.8 Å². The summed E-state index contributed by atoms with van der Waals surface area (Å²) in [6, 6.07) is 12.9. The van der Waals surface area contributed by atoms with Crippen LogP contribution in [-0.2, 0) is 17.8 Å². The van der Waals surface area contributed by atoms with Crippen LogP contribution in [0.4, 0.5) is 10.5 Å². The SMILES string of the molecule is Br.O=C(Nc1cccc(O)c1CC1CC2CCC(C1)N2)OCc1cccc(O)c1. The number of anilines is 1. The highest BCUT2D eigenvalue weighted by Gasteiger charge is 2.34. The molecule has 6 nitrogen and oxygen atoms in total. The minimum Gasteiger partial charge on any atom is -0.508 e. The average Bonchev–Trinajstić information content (AvgIpc) is 3.01. The molecule has 2 saturated heterocycles. The Morgan fingerprint density at radius 3 is 2.55 bits per heavy atom. The third kappa shape index (κ3) is 5.42. The molecule has 2 aliphatic heterocycles. The van der Waals surface area contributed by atoms with E-state index in [0.717, 1.165) is 24.8 Å². The molecule has 2 bridgehead atoms. The quantitative estimate of drug-likeness (QED) is 0.525. The van der Waals surface area contributed by atoms with E-state index in [1.807, 2.05) is 0 Å². The summed E-state index contributed by atoms with van der Waals surface area (Å²) < 4.78 is 5.26. The van der Waals surface area contributed by atoms with Gasteiger partial charge in [0.05, 0.1) is 5.69 Å². The Kier molecular flexibility index (Phi) is 7.03. The molecule has 0 aliphatic carbocycles. The van der Waals surface area contributed by atoms with E-state index >= 15 is 0 Å². The van der Waals surface area contributed by atoms with Gasteiger partial charge in [0, 0.05) is 17.6 Å². The number of carbonyl (C=O) groups is 1. The van der Waals surface area contributed by atoms with Gasteiger partial charge in [0.15, 0.2) is 0 Å². The normalized spacial score (nSPS) is 22.6. The number of carbonyl (C=O) groups excluding carboxylic acids is 1. The van der Waals surface area contributed by atoms with Crippen LogP contribution in [0.1, 0.15) is 36.8 Å². The topological polar surface area (TPSA) is 90.8 Å². The average molecular weight is 463 g/mol. The van der Waals surface area contributed by atoms with E-state index < -0.39 is 6.09 Å². The summed E-state index contributed by atoms with van der Waals surface area (Å²) in [6.45, 7) is 0.0615. The van der Waals surface area contributed by atoms with Gasteiger partial charge in [0.1, 0.15) is 18.1 Å². The van der Waals surface area contributed by atoms with Crippen LogP contribution in [0, 0.1) is 5.92 Å². The Morgan fingerprint density at radius 2 is 1.83 bits per heavy atom. The summed E-state index contributed by atoms with van der Waals surface area (Å²) in [5, 5.41) is 26.3. The van der Waals surface area contributed by atoms with Crippen LogP contribution in [0.5, 0.6) is 11.5 Å². The largest absolute Gasteiger partial charge is 0.508 e. The van der Waals surface area contributed by atoms with E-state index in [4.69, 9.17) is 4.74 Å². The Hall–Kier alpha value is -2.25. The number of fused-ring (bicyclic) bond motifs is 2. The Balaban J connectivity index is 0.00000240. The van der Waals surface area contributed by atoms with Crippen molar-refractivity contribution in [2.45, 2.75) is 50.8 Å². The van der Waals surface area contributed by atoms with E-state index in [-0.39, 0.29) is 35.1 Å². The van der Waals surface area contributed by atoms with Crippen LogP contribution in [0.15, 0.2) is 42.5 Å². The summed E-state index contributed by atoms with van der Waals surface area (Å²) in [5.41, 5.74) is 2.06. The molecule has 2 unspecified atom stereocenters. The smallest absolute Gasteiger partial charge is 0.411 e. The number of ether oxygens (including phenoxy) is 1. The second-order valence-electron chi connectivity index (χ2n) is 7.85. The molecule has 2 atom stereocenters. The molecular weight excluding hydrogens is 436 g/mol. The molecule has 2 fully saturated rings. The second-order valence-corrected chi connectivity index (χ2v) is 7.85. The van der Waals surface area contributed by atoms with Gasteiger partial charge < -0.3 is 20.3 Å². The van der Waals surface area contributed by atoms with Crippen molar-refractivity contribution in [2.75, 3.05) is 5.32 Å². The highest BCUT2D eigenvalue weighted by molar-refractivity contribution is 8.93. The zero-order valence-electron chi connectivity index (χ0n) is 16.1. The fraction of sp³-hybridized carbons (Fsp3) is 0.409. The van der Waals surface area contributed by atoms with Gasteiger partial charge in [-0.3, -0.25) is 5.32 Å². The van der Waals surface area contributed by atoms with E-state index in [0.29, 0.717) is 29.3 Å². The lowest BCUT2D eigenvalue weighted by Crippen LogP contribution is -2.38. The van der Waals surface area contributed by atoms with Crippen LogP contribution in [0.3, 0.4) is 0 Å². The highest BCUT2D eigenvalue weighted by atomic mass is 79.9. The fourth-order valence-electron chi connectivity index (χ4n) is 4.48. The van der Waals surface area contributed by atoms with Crippen molar-refractivity contribution in [2.24, 2.45) is 5.92 Å². The minimum absolute atomic E-state index is 0. The molecule has 7 heteroatoms. The van der Waals surface area contributed by atoms with Crippen LogP contribution in [0.25, 0.3) is 0 Å². The van der Waals surface area contributed by atoms with Crippen molar-refractivity contribution in [1.82, 2.24) is 5.32 Å². The molecule has 2 aromatic rings. The molecule has 2 heterocycles. The number of aromatic hydroxyl groups is 2. The minimum atomic E-state index is -0.583. The number of rotatable bonds is 5. The zero-order chi connectivity index (χ0) is 19.5. The third-order valence-corrected chi connectivity index (χ3v) is 5.73. The van der Waals surface area contributed by atoms with Crippen LogP contribution in [0.2, 0.25) is 0 Å². The molecule has 1 amide bonds. The van der Waals surface area contributed by atoms with Crippen LogP contribution >= 0.6 is 17.0 Å². The predicted molar refractivity (Wildman–Crippen MR) is 117 cm³/mol. The van der Waals surface area contributed by atoms with Crippen molar-refractivity contribution in [3.05, 3.63) is 53.6 Å². The second kappa shape index (κ2) is 9.50. The molecule has 0 spiro atoms. The van der Waals surface area contributed by atoms with Crippen LogP contribution < -0.4 is 10.6 Å². The van der Waals surface area contributed by atoms with Gasteiger partial charge in [-0.25, -0.2) is 4.79 Å². The van der Waals surface area contributed by atoms with E-state index in [2.05, 4.69) is 10.6 Å². The first kappa shape index (κ1) is 21.5. The molecular formula is C22H27BrN2O4. The van der Waals surface area contributed by atoms with Crippen molar-refractivity contribution < 1.29 is 19.7 Å². The maximum Gasteiger partial charge on any atom is 0.411 e. The molecule has 0 radical (unpaired) electrons. The number of benzene rings is 2. The van der Waals surface area contributed by atoms with Gasteiger partial charge >= 0.3 is 6.09 Å². The molecule has 2 aromatic carbocycles. The van der Waals surface area contributed by atoms with E-state index in [1.165, 1.54) is 12.8 Å². The van der Waals surface area contributed by atoms with Gasteiger partial charge in [-0.2, -0.15) is 0 Å². The monoisotopic (exact) mass is 462 g/mol. The lowest BCUT2D eigenvalue weighted by Gasteiger charge is -2.29. The zero-order valence-corrected chi connectivity index (χ0v) is 17.8. The molecule has 4 N–H and O–H groups in total. The number of amides is 1. The maximum atomic E-state index is 12.3. The number of phenols is 2. The highest BCUT2D eigenvalue weighted by Crippen LogP contribution is 2.36.